The van der Waals surface area contributed by atoms with E-state index in [2.05, 4.69) is 151 Å². The van der Waals surface area contributed by atoms with Crippen LogP contribution in [0.1, 0.15) is 62.7 Å². The van der Waals surface area contributed by atoms with Gasteiger partial charge < -0.3 is 0 Å². The van der Waals surface area contributed by atoms with Crippen molar-refractivity contribution in [3.63, 3.8) is 0 Å². The molecule has 2 heteroatoms. The van der Waals surface area contributed by atoms with Crippen LogP contribution >= 0.6 is 0 Å². The smallest absolute Gasteiger partial charge is 0.230 e. The van der Waals surface area contributed by atoms with E-state index in [9.17, 15) is 0 Å². The lowest BCUT2D eigenvalue weighted by Gasteiger charge is -2.19. The first-order chi connectivity index (χ1) is 18.3. The molecule has 0 fully saturated rings. The second-order valence-corrected chi connectivity index (χ2v) is 9.82. The Morgan fingerprint density at radius 2 is 1.11 bits per heavy atom. The molecule has 1 heterocycles. The summed E-state index contributed by atoms with van der Waals surface area (Å²) in [6.07, 6.45) is 11.3. The summed E-state index contributed by atoms with van der Waals surface area (Å²) in [6.45, 7) is 4.57. The molecule has 0 unspecified atom stereocenters. The van der Waals surface area contributed by atoms with E-state index >= 15 is 0 Å². The monoisotopic (exact) mass is 485 g/mol. The minimum absolute atomic E-state index is 0.286. The molecular formula is C35H37N2+. The zero-order valence-corrected chi connectivity index (χ0v) is 22.0. The van der Waals surface area contributed by atoms with Crippen LogP contribution in [0.15, 0.2) is 128 Å². The molecule has 4 aromatic carbocycles. The zero-order chi connectivity index (χ0) is 25.5. The van der Waals surface area contributed by atoms with Crippen LogP contribution in [0.2, 0.25) is 0 Å². The molecule has 0 aliphatic heterocycles. The molecule has 37 heavy (non-hydrogen) atoms. The van der Waals surface area contributed by atoms with Crippen molar-refractivity contribution < 1.29 is 4.57 Å². The van der Waals surface area contributed by atoms with Crippen LogP contribution in [0, 0.1) is 0 Å². The van der Waals surface area contributed by atoms with Crippen LogP contribution in [0.3, 0.4) is 0 Å². The van der Waals surface area contributed by atoms with Crippen molar-refractivity contribution in [3.8, 4) is 22.3 Å². The van der Waals surface area contributed by atoms with E-state index < -0.39 is 0 Å². The SMILES string of the molecule is CCC[C@H](c1ccccc1-c1ccccc1)n1cc[n+]([C@H](CCC)c2ccccc2-c2ccccc2)c1. The predicted octanol–water partition coefficient (Wildman–Crippen LogP) is 8.89. The largest absolute Gasteiger partial charge is 0.244 e. The fraction of sp³-hybridized carbons (Fsp3) is 0.229. The van der Waals surface area contributed by atoms with E-state index in [-0.39, 0.29) is 12.1 Å². The Morgan fingerprint density at radius 3 is 1.70 bits per heavy atom. The molecule has 2 nitrogen and oxygen atoms in total. The number of benzene rings is 4. The first-order valence-corrected chi connectivity index (χ1v) is 13.7. The maximum absolute atomic E-state index is 2.43. The molecule has 5 rings (SSSR count). The van der Waals surface area contributed by atoms with E-state index in [1.54, 1.807) is 0 Å². The molecule has 0 aliphatic rings. The highest BCUT2D eigenvalue weighted by molar-refractivity contribution is 5.68. The second-order valence-electron chi connectivity index (χ2n) is 9.82. The highest BCUT2D eigenvalue weighted by Crippen LogP contribution is 2.34. The third-order valence-electron chi connectivity index (χ3n) is 7.33. The van der Waals surface area contributed by atoms with E-state index in [1.807, 2.05) is 0 Å². The lowest BCUT2D eigenvalue weighted by molar-refractivity contribution is -0.714. The van der Waals surface area contributed by atoms with Gasteiger partial charge in [-0.05, 0) is 35.1 Å². The van der Waals surface area contributed by atoms with Gasteiger partial charge in [0.2, 0.25) is 6.33 Å². The third-order valence-corrected chi connectivity index (χ3v) is 7.33. The number of rotatable bonds is 10. The van der Waals surface area contributed by atoms with Crippen LogP contribution in [0.25, 0.3) is 22.3 Å². The summed E-state index contributed by atoms with van der Waals surface area (Å²) in [5.41, 5.74) is 7.97. The van der Waals surface area contributed by atoms with Crippen LogP contribution in [-0.2, 0) is 0 Å². The topological polar surface area (TPSA) is 8.81 Å². The maximum Gasteiger partial charge on any atom is 0.244 e. The molecular weight excluding hydrogens is 448 g/mol. The van der Waals surface area contributed by atoms with Crippen molar-refractivity contribution in [2.24, 2.45) is 0 Å². The summed E-state index contributed by atoms with van der Waals surface area (Å²) in [6, 6.07) is 39.9. The van der Waals surface area contributed by atoms with Crippen molar-refractivity contribution in [1.29, 1.82) is 0 Å². The van der Waals surface area contributed by atoms with Gasteiger partial charge in [-0.1, -0.05) is 136 Å². The van der Waals surface area contributed by atoms with Gasteiger partial charge >= 0.3 is 0 Å². The van der Waals surface area contributed by atoms with Crippen LogP contribution in [-0.4, -0.2) is 4.57 Å². The summed E-state index contributed by atoms with van der Waals surface area (Å²) in [7, 11) is 0. The number of hydrogen-bond donors (Lipinski definition) is 0. The quantitative estimate of drug-likeness (QED) is 0.175. The fourth-order valence-electron chi connectivity index (χ4n) is 5.57. The van der Waals surface area contributed by atoms with Crippen molar-refractivity contribution in [2.45, 2.75) is 51.6 Å². The van der Waals surface area contributed by atoms with Gasteiger partial charge in [0.05, 0.1) is 0 Å². The maximum atomic E-state index is 2.43. The number of imidazole rings is 1. The molecule has 0 bridgehead atoms. The molecule has 1 aromatic heterocycles. The lowest BCUT2D eigenvalue weighted by atomic mass is 9.92. The van der Waals surface area contributed by atoms with Crippen molar-refractivity contribution in [1.82, 2.24) is 4.57 Å². The van der Waals surface area contributed by atoms with Gasteiger partial charge in [-0.3, -0.25) is 0 Å². The van der Waals surface area contributed by atoms with E-state index in [1.165, 1.54) is 33.4 Å². The standard InChI is InChI=1S/C35H37N2/c1-3-15-34(32-23-13-11-21-30(32)28-17-7-5-8-18-28)36-25-26-37(27-36)35(16-4-2)33-24-14-12-22-31(33)29-19-9-6-10-20-29/h5-14,17-27,34-35H,3-4,15-16H2,1-2H3/q+1/t34-,35-/m1/s1. The van der Waals surface area contributed by atoms with Gasteiger partial charge in [0, 0.05) is 11.1 Å². The zero-order valence-electron chi connectivity index (χ0n) is 22.0. The van der Waals surface area contributed by atoms with Gasteiger partial charge in [0.1, 0.15) is 24.5 Å². The Labute approximate surface area is 221 Å². The Bertz CT molecular complexity index is 1290. The summed E-state index contributed by atoms with van der Waals surface area (Å²) in [5.74, 6) is 0. The predicted molar refractivity (Wildman–Crippen MR) is 154 cm³/mol. The summed E-state index contributed by atoms with van der Waals surface area (Å²) < 4.78 is 4.86. The minimum atomic E-state index is 0.286. The lowest BCUT2D eigenvalue weighted by Crippen LogP contribution is -2.38. The van der Waals surface area contributed by atoms with Gasteiger partial charge in [-0.15, -0.1) is 0 Å². The molecule has 0 spiro atoms. The molecule has 0 saturated carbocycles. The first-order valence-electron chi connectivity index (χ1n) is 13.7. The highest BCUT2D eigenvalue weighted by Gasteiger charge is 2.26. The molecule has 0 saturated heterocycles. The van der Waals surface area contributed by atoms with Gasteiger partial charge in [0.15, 0.2) is 0 Å². The summed E-state index contributed by atoms with van der Waals surface area (Å²) in [4.78, 5) is 0. The molecule has 0 amide bonds. The molecule has 5 aromatic rings. The summed E-state index contributed by atoms with van der Waals surface area (Å²) >= 11 is 0. The number of nitrogens with zero attached hydrogens (tertiary/aromatic N) is 2. The second kappa shape index (κ2) is 11.9. The van der Waals surface area contributed by atoms with Crippen molar-refractivity contribution in [2.75, 3.05) is 0 Å². The molecule has 0 radical (unpaired) electrons. The van der Waals surface area contributed by atoms with E-state index in [4.69, 9.17) is 0 Å². The summed E-state index contributed by atoms with van der Waals surface area (Å²) in [5, 5.41) is 0. The van der Waals surface area contributed by atoms with E-state index in [0.717, 1.165) is 25.7 Å². The average molecular weight is 486 g/mol. The van der Waals surface area contributed by atoms with Crippen molar-refractivity contribution >= 4 is 0 Å². The Balaban J connectivity index is 1.55. The normalized spacial score (nSPS) is 12.8. The first kappa shape index (κ1) is 24.8. The molecule has 0 N–H and O–H groups in total. The number of hydrogen-bond acceptors (Lipinski definition) is 0. The Morgan fingerprint density at radius 1 is 0.595 bits per heavy atom. The third kappa shape index (κ3) is 5.44. The van der Waals surface area contributed by atoms with Crippen LogP contribution < -0.4 is 4.57 Å². The van der Waals surface area contributed by atoms with Crippen LogP contribution in [0.4, 0.5) is 0 Å². The van der Waals surface area contributed by atoms with Gasteiger partial charge in [0.25, 0.3) is 0 Å². The van der Waals surface area contributed by atoms with E-state index in [0.29, 0.717) is 0 Å². The molecule has 0 aliphatic carbocycles. The Kier molecular flexibility index (Phi) is 7.96. The molecule has 186 valence electrons. The van der Waals surface area contributed by atoms with Gasteiger partial charge in [-0.25, -0.2) is 9.13 Å². The van der Waals surface area contributed by atoms with Crippen LogP contribution in [0.5, 0.6) is 0 Å². The molecule has 2 atom stereocenters. The highest BCUT2D eigenvalue weighted by atomic mass is 15.1. The minimum Gasteiger partial charge on any atom is -0.230 e. The number of aromatic nitrogens is 2. The van der Waals surface area contributed by atoms with Gasteiger partial charge in [-0.2, -0.15) is 0 Å². The fourth-order valence-corrected chi connectivity index (χ4v) is 5.57. The average Bonchev–Trinajstić information content (AvgIpc) is 3.45. The Hall–Kier alpha value is -3.91. The van der Waals surface area contributed by atoms with Crippen molar-refractivity contribution in [3.05, 3.63) is 139 Å².